The number of hydrogen-bond donors (Lipinski definition) is 1. The minimum absolute atomic E-state index is 0.128. The number of amides is 1. The average Bonchev–Trinajstić information content (AvgIpc) is 2.58. The lowest BCUT2D eigenvalue weighted by Crippen LogP contribution is -2.39. The third kappa shape index (κ3) is 5.96. The molecule has 2 aromatic carbocycles. The minimum atomic E-state index is -0.258. The van der Waals surface area contributed by atoms with Gasteiger partial charge in [-0.25, -0.2) is 0 Å². The maximum atomic E-state index is 11.9. The van der Waals surface area contributed by atoms with Crippen molar-refractivity contribution >= 4 is 12.0 Å². The van der Waals surface area contributed by atoms with Crippen LogP contribution in [0.3, 0.4) is 0 Å². The molecular weight excluding hydrogens is 326 g/mol. The molecular formula is C22H27NO3. The first-order valence-corrected chi connectivity index (χ1v) is 8.64. The van der Waals surface area contributed by atoms with E-state index in [0.29, 0.717) is 18.1 Å². The first-order valence-electron chi connectivity index (χ1n) is 8.64. The highest BCUT2D eigenvalue weighted by Gasteiger charge is 2.11. The molecule has 138 valence electrons. The second kappa shape index (κ2) is 8.56. The molecule has 2 aromatic rings. The number of rotatable bonds is 6. The molecule has 0 aliphatic rings. The first-order chi connectivity index (χ1) is 12.3. The lowest BCUT2D eigenvalue weighted by Gasteiger charge is -2.19. The normalized spacial score (nSPS) is 11.4. The third-order valence-corrected chi connectivity index (χ3v) is 3.76. The van der Waals surface area contributed by atoms with Gasteiger partial charge < -0.3 is 14.8 Å². The van der Waals surface area contributed by atoms with Crippen LogP contribution in [0.5, 0.6) is 11.5 Å². The van der Waals surface area contributed by atoms with Crippen molar-refractivity contribution in [1.82, 2.24) is 5.32 Å². The van der Waals surface area contributed by atoms with Crippen molar-refractivity contribution in [1.29, 1.82) is 0 Å². The molecule has 1 amide bonds. The van der Waals surface area contributed by atoms with Gasteiger partial charge >= 0.3 is 0 Å². The summed E-state index contributed by atoms with van der Waals surface area (Å²) in [5, 5.41) is 2.89. The monoisotopic (exact) mass is 353 g/mol. The number of nitrogens with one attached hydrogen (secondary N) is 1. The molecule has 1 N–H and O–H groups in total. The van der Waals surface area contributed by atoms with Crippen molar-refractivity contribution < 1.29 is 14.3 Å². The zero-order chi connectivity index (χ0) is 19.2. The lowest BCUT2D eigenvalue weighted by molar-refractivity contribution is -0.117. The molecule has 4 nitrogen and oxygen atoms in total. The van der Waals surface area contributed by atoms with Crippen LogP contribution < -0.4 is 14.8 Å². The molecule has 4 heteroatoms. The van der Waals surface area contributed by atoms with E-state index in [9.17, 15) is 4.79 Å². The lowest BCUT2D eigenvalue weighted by atomic mass is 10.1. The summed E-state index contributed by atoms with van der Waals surface area (Å²) in [5.41, 5.74) is 2.94. The minimum Gasteiger partial charge on any atom is -0.493 e. The van der Waals surface area contributed by atoms with Crippen molar-refractivity contribution in [2.45, 2.75) is 39.8 Å². The van der Waals surface area contributed by atoms with Crippen LogP contribution in [0.2, 0.25) is 0 Å². The highest BCUT2D eigenvalue weighted by atomic mass is 16.5. The summed E-state index contributed by atoms with van der Waals surface area (Å²) in [7, 11) is 1.61. The van der Waals surface area contributed by atoms with Gasteiger partial charge in [0, 0.05) is 11.6 Å². The molecule has 0 saturated carbocycles. The van der Waals surface area contributed by atoms with Crippen LogP contribution in [-0.2, 0) is 11.4 Å². The predicted molar refractivity (Wildman–Crippen MR) is 105 cm³/mol. The van der Waals surface area contributed by atoms with Gasteiger partial charge in [0.25, 0.3) is 0 Å². The number of aryl methyl sites for hydroxylation is 1. The fourth-order valence-electron chi connectivity index (χ4n) is 2.42. The van der Waals surface area contributed by atoms with Crippen LogP contribution in [0.15, 0.2) is 48.5 Å². The SMILES string of the molecule is COc1cc(/C=C/C(=O)NC(C)(C)C)ccc1OCc1ccccc1C. The molecule has 0 aliphatic heterocycles. The molecule has 0 saturated heterocycles. The summed E-state index contributed by atoms with van der Waals surface area (Å²) in [6.07, 6.45) is 3.28. The van der Waals surface area contributed by atoms with Crippen LogP contribution in [0.4, 0.5) is 0 Å². The Kier molecular flexibility index (Phi) is 6.45. The molecule has 26 heavy (non-hydrogen) atoms. The Labute approximate surface area is 155 Å². The molecule has 0 heterocycles. The number of carbonyl (C=O) groups excluding carboxylic acids is 1. The molecule has 2 rings (SSSR count). The zero-order valence-corrected chi connectivity index (χ0v) is 16.1. The van der Waals surface area contributed by atoms with Crippen LogP contribution in [0.25, 0.3) is 6.08 Å². The van der Waals surface area contributed by atoms with Gasteiger partial charge in [0.1, 0.15) is 6.61 Å². The van der Waals surface area contributed by atoms with Crippen LogP contribution >= 0.6 is 0 Å². The predicted octanol–water partition coefficient (Wildman–Crippen LogP) is 4.51. The van der Waals surface area contributed by atoms with Crippen molar-refractivity contribution in [3.05, 3.63) is 65.2 Å². The highest BCUT2D eigenvalue weighted by Crippen LogP contribution is 2.29. The maximum Gasteiger partial charge on any atom is 0.244 e. The van der Waals surface area contributed by atoms with E-state index >= 15 is 0 Å². The number of benzene rings is 2. The van der Waals surface area contributed by atoms with Crippen LogP contribution in [0.1, 0.15) is 37.5 Å². The van der Waals surface area contributed by atoms with Crippen molar-refractivity contribution in [3.63, 3.8) is 0 Å². The van der Waals surface area contributed by atoms with E-state index in [1.54, 1.807) is 13.2 Å². The summed E-state index contributed by atoms with van der Waals surface area (Å²) in [6, 6.07) is 13.7. The Balaban J connectivity index is 2.07. The molecule has 0 fully saturated rings. The van der Waals surface area contributed by atoms with E-state index in [0.717, 1.165) is 11.1 Å². The largest absolute Gasteiger partial charge is 0.493 e. The Morgan fingerprint density at radius 1 is 1.12 bits per heavy atom. The van der Waals surface area contributed by atoms with Crippen molar-refractivity contribution in [3.8, 4) is 11.5 Å². The third-order valence-electron chi connectivity index (χ3n) is 3.76. The quantitative estimate of drug-likeness (QED) is 0.777. The van der Waals surface area contributed by atoms with Gasteiger partial charge in [-0.15, -0.1) is 0 Å². The number of ether oxygens (including phenoxy) is 2. The van der Waals surface area contributed by atoms with Gasteiger partial charge in [0.05, 0.1) is 7.11 Å². The maximum absolute atomic E-state index is 11.9. The second-order valence-electron chi connectivity index (χ2n) is 7.20. The fraction of sp³-hybridized carbons (Fsp3) is 0.318. The Hall–Kier alpha value is -2.75. The molecule has 0 bridgehead atoms. The second-order valence-corrected chi connectivity index (χ2v) is 7.20. The Morgan fingerprint density at radius 2 is 1.85 bits per heavy atom. The van der Waals surface area contributed by atoms with E-state index in [1.165, 1.54) is 11.6 Å². The van der Waals surface area contributed by atoms with Gasteiger partial charge in [0.2, 0.25) is 5.91 Å². The number of carbonyl (C=O) groups is 1. The van der Waals surface area contributed by atoms with E-state index in [4.69, 9.17) is 9.47 Å². The topological polar surface area (TPSA) is 47.6 Å². The van der Waals surface area contributed by atoms with E-state index in [1.807, 2.05) is 57.2 Å². The molecule has 0 spiro atoms. The highest BCUT2D eigenvalue weighted by molar-refractivity contribution is 5.92. The van der Waals surface area contributed by atoms with Gasteiger partial charge in [-0.3, -0.25) is 4.79 Å². The molecule has 0 unspecified atom stereocenters. The smallest absolute Gasteiger partial charge is 0.244 e. The van der Waals surface area contributed by atoms with Gasteiger partial charge in [-0.05, 0) is 62.6 Å². The summed E-state index contributed by atoms with van der Waals surface area (Å²) < 4.78 is 11.3. The molecule has 0 aromatic heterocycles. The standard InChI is InChI=1S/C22H27NO3/c1-16-8-6-7-9-18(16)15-26-19-12-10-17(14-20(19)25-5)11-13-21(24)23-22(2,3)4/h6-14H,15H2,1-5H3,(H,23,24)/b13-11+. The molecule has 0 aliphatic carbocycles. The Bertz CT molecular complexity index is 788. The number of methoxy groups -OCH3 is 1. The van der Waals surface area contributed by atoms with Gasteiger partial charge in [-0.2, -0.15) is 0 Å². The van der Waals surface area contributed by atoms with E-state index < -0.39 is 0 Å². The zero-order valence-electron chi connectivity index (χ0n) is 16.1. The van der Waals surface area contributed by atoms with Gasteiger partial charge in [-0.1, -0.05) is 30.3 Å². The first kappa shape index (κ1) is 19.6. The fourth-order valence-corrected chi connectivity index (χ4v) is 2.42. The summed E-state index contributed by atoms with van der Waals surface area (Å²) in [4.78, 5) is 11.9. The van der Waals surface area contributed by atoms with E-state index in [-0.39, 0.29) is 11.4 Å². The van der Waals surface area contributed by atoms with Crippen LogP contribution in [-0.4, -0.2) is 18.6 Å². The van der Waals surface area contributed by atoms with E-state index in [2.05, 4.69) is 18.3 Å². The molecule has 0 atom stereocenters. The van der Waals surface area contributed by atoms with Crippen molar-refractivity contribution in [2.24, 2.45) is 0 Å². The summed E-state index contributed by atoms with van der Waals surface area (Å²) >= 11 is 0. The van der Waals surface area contributed by atoms with Crippen molar-refractivity contribution in [2.75, 3.05) is 7.11 Å². The molecule has 0 radical (unpaired) electrons. The Morgan fingerprint density at radius 3 is 2.50 bits per heavy atom. The van der Waals surface area contributed by atoms with Gasteiger partial charge in [0.15, 0.2) is 11.5 Å². The number of hydrogen-bond acceptors (Lipinski definition) is 3. The van der Waals surface area contributed by atoms with Crippen LogP contribution in [0, 0.1) is 6.92 Å². The summed E-state index contributed by atoms with van der Waals surface area (Å²) in [5.74, 6) is 1.18. The summed E-state index contributed by atoms with van der Waals surface area (Å²) in [6.45, 7) is 8.38. The average molecular weight is 353 g/mol.